The highest BCUT2D eigenvalue weighted by Crippen LogP contribution is 2.41. The molecule has 2 heteroatoms. The molecule has 0 saturated heterocycles. The summed E-state index contributed by atoms with van der Waals surface area (Å²) in [5.74, 6) is 1.12. The first-order valence-corrected chi connectivity index (χ1v) is 7.92. The lowest BCUT2D eigenvalue weighted by molar-refractivity contribution is 0.164. The summed E-state index contributed by atoms with van der Waals surface area (Å²) in [6.45, 7) is 11.2. The van der Waals surface area contributed by atoms with Crippen molar-refractivity contribution in [2.24, 2.45) is 0 Å². The van der Waals surface area contributed by atoms with Crippen LogP contribution in [0.5, 0.6) is 5.75 Å². The van der Waals surface area contributed by atoms with Crippen molar-refractivity contribution in [2.45, 2.75) is 77.5 Å². The molecular weight excluding hydrogens is 246 g/mol. The third-order valence-corrected chi connectivity index (χ3v) is 4.45. The van der Waals surface area contributed by atoms with E-state index in [1.54, 1.807) is 0 Å². The van der Waals surface area contributed by atoms with Gasteiger partial charge in [0.05, 0.1) is 6.10 Å². The predicted octanol–water partition coefficient (Wildman–Crippen LogP) is 4.26. The Kier molecular flexibility index (Phi) is 3.32. The maximum Gasteiger partial charge on any atom is 0.127 e. The molecule has 0 amide bonds. The van der Waals surface area contributed by atoms with Gasteiger partial charge in [-0.25, -0.2) is 0 Å². The van der Waals surface area contributed by atoms with Gasteiger partial charge in [0.2, 0.25) is 0 Å². The van der Waals surface area contributed by atoms with E-state index in [1.165, 1.54) is 29.5 Å². The quantitative estimate of drug-likeness (QED) is 0.869. The van der Waals surface area contributed by atoms with Gasteiger partial charge in [-0.3, -0.25) is 0 Å². The van der Waals surface area contributed by atoms with Crippen molar-refractivity contribution in [3.05, 3.63) is 28.8 Å². The Labute approximate surface area is 122 Å². The van der Waals surface area contributed by atoms with Crippen LogP contribution >= 0.6 is 0 Å². The Morgan fingerprint density at radius 1 is 1.20 bits per heavy atom. The molecule has 0 radical (unpaired) electrons. The van der Waals surface area contributed by atoms with Crippen molar-refractivity contribution in [1.82, 2.24) is 5.32 Å². The van der Waals surface area contributed by atoms with E-state index in [2.05, 4.69) is 52.1 Å². The molecule has 1 fully saturated rings. The highest BCUT2D eigenvalue weighted by atomic mass is 16.5. The number of hydrogen-bond donors (Lipinski definition) is 1. The number of rotatable bonds is 2. The molecule has 3 rings (SSSR count). The van der Waals surface area contributed by atoms with Gasteiger partial charge in [0.15, 0.2) is 0 Å². The smallest absolute Gasteiger partial charge is 0.127 e. The van der Waals surface area contributed by atoms with Crippen LogP contribution in [-0.2, 0) is 5.41 Å². The van der Waals surface area contributed by atoms with Gasteiger partial charge in [-0.15, -0.1) is 0 Å². The molecule has 0 bridgehead atoms. The van der Waals surface area contributed by atoms with E-state index in [4.69, 9.17) is 4.74 Å². The van der Waals surface area contributed by atoms with Crippen LogP contribution in [0.15, 0.2) is 12.1 Å². The Morgan fingerprint density at radius 2 is 1.90 bits per heavy atom. The fraction of sp³-hybridized carbons (Fsp3) is 0.667. The average molecular weight is 273 g/mol. The molecule has 1 aliphatic heterocycles. The third-order valence-electron chi connectivity index (χ3n) is 4.45. The number of nitrogens with one attached hydrogen (secondary N) is 1. The maximum atomic E-state index is 6.12. The second-order valence-electron chi connectivity index (χ2n) is 7.62. The Balaban J connectivity index is 2.02. The molecule has 1 saturated carbocycles. The number of hydrogen-bond acceptors (Lipinski definition) is 2. The van der Waals surface area contributed by atoms with Gasteiger partial charge < -0.3 is 10.1 Å². The number of fused-ring (bicyclic) bond motifs is 1. The predicted molar refractivity (Wildman–Crippen MR) is 83.5 cm³/mol. The highest BCUT2D eigenvalue weighted by Gasteiger charge is 2.33. The third kappa shape index (κ3) is 2.71. The lowest BCUT2D eigenvalue weighted by Gasteiger charge is -2.34. The van der Waals surface area contributed by atoms with Crippen molar-refractivity contribution < 1.29 is 4.74 Å². The molecule has 110 valence electrons. The molecule has 20 heavy (non-hydrogen) atoms. The van der Waals surface area contributed by atoms with Gasteiger partial charge in [0.25, 0.3) is 0 Å². The largest absolute Gasteiger partial charge is 0.490 e. The fourth-order valence-electron chi connectivity index (χ4n) is 3.05. The van der Waals surface area contributed by atoms with E-state index in [0.29, 0.717) is 12.1 Å². The summed E-state index contributed by atoms with van der Waals surface area (Å²) in [6.07, 6.45) is 4.05. The van der Waals surface area contributed by atoms with Crippen LogP contribution in [0.1, 0.15) is 69.7 Å². The van der Waals surface area contributed by atoms with Crippen LogP contribution in [0.3, 0.4) is 0 Å². The molecule has 2 aliphatic rings. The molecule has 2 unspecified atom stereocenters. The first kappa shape index (κ1) is 13.9. The maximum absolute atomic E-state index is 6.12. The molecule has 1 aliphatic carbocycles. The second-order valence-corrected chi connectivity index (χ2v) is 7.62. The van der Waals surface area contributed by atoms with Crippen LogP contribution < -0.4 is 10.1 Å². The minimum absolute atomic E-state index is 0.187. The van der Waals surface area contributed by atoms with Crippen LogP contribution in [0.2, 0.25) is 0 Å². The Morgan fingerprint density at radius 3 is 2.50 bits per heavy atom. The standard InChI is InChI=1S/C18H27NO/c1-11-8-13(18(3,4)5)10-15-16(19-14-6-7-14)9-12(2)20-17(11)15/h8,10,12,14,16,19H,6-7,9H2,1-5H3. The Hall–Kier alpha value is -1.02. The molecule has 2 nitrogen and oxygen atoms in total. The van der Waals surface area contributed by atoms with E-state index in [-0.39, 0.29) is 5.41 Å². The van der Waals surface area contributed by atoms with Gasteiger partial charge in [0, 0.05) is 24.1 Å². The van der Waals surface area contributed by atoms with E-state index >= 15 is 0 Å². The number of benzene rings is 1. The van der Waals surface area contributed by atoms with Crippen LogP contribution in [0, 0.1) is 6.92 Å². The summed E-state index contributed by atoms with van der Waals surface area (Å²) in [6, 6.07) is 5.86. The first-order chi connectivity index (χ1) is 9.34. The number of aryl methyl sites for hydroxylation is 1. The molecule has 1 N–H and O–H groups in total. The van der Waals surface area contributed by atoms with E-state index in [9.17, 15) is 0 Å². The summed E-state index contributed by atoms with van der Waals surface area (Å²) in [7, 11) is 0. The average Bonchev–Trinajstić information content (AvgIpc) is 3.12. The van der Waals surface area contributed by atoms with Crippen molar-refractivity contribution in [3.63, 3.8) is 0 Å². The van der Waals surface area contributed by atoms with Crippen LogP contribution in [0.4, 0.5) is 0 Å². The van der Waals surface area contributed by atoms with Crippen molar-refractivity contribution in [1.29, 1.82) is 0 Å². The molecule has 1 aromatic rings. The second kappa shape index (κ2) is 4.77. The van der Waals surface area contributed by atoms with Gasteiger partial charge >= 0.3 is 0 Å². The Bertz CT molecular complexity index is 511. The zero-order valence-corrected chi connectivity index (χ0v) is 13.4. The minimum Gasteiger partial charge on any atom is -0.490 e. The van der Waals surface area contributed by atoms with E-state index < -0.39 is 0 Å². The summed E-state index contributed by atoms with van der Waals surface area (Å²) in [4.78, 5) is 0. The lowest BCUT2D eigenvalue weighted by Crippen LogP contribution is -2.33. The lowest BCUT2D eigenvalue weighted by atomic mass is 9.82. The molecule has 0 spiro atoms. The van der Waals surface area contributed by atoms with Crippen LogP contribution in [0.25, 0.3) is 0 Å². The monoisotopic (exact) mass is 273 g/mol. The normalized spacial score (nSPS) is 26.1. The van der Waals surface area contributed by atoms with Gasteiger partial charge in [0.1, 0.15) is 5.75 Å². The fourth-order valence-corrected chi connectivity index (χ4v) is 3.05. The van der Waals surface area contributed by atoms with Crippen LogP contribution in [-0.4, -0.2) is 12.1 Å². The molecule has 2 atom stereocenters. The van der Waals surface area contributed by atoms with Crippen molar-refractivity contribution in [2.75, 3.05) is 0 Å². The van der Waals surface area contributed by atoms with Crippen molar-refractivity contribution >= 4 is 0 Å². The summed E-state index contributed by atoms with van der Waals surface area (Å²) in [5, 5.41) is 3.81. The van der Waals surface area contributed by atoms with E-state index in [0.717, 1.165) is 18.2 Å². The SMILES string of the molecule is Cc1cc(C(C)(C)C)cc2c1OC(C)CC2NC1CC1. The molecule has 1 aromatic carbocycles. The highest BCUT2D eigenvalue weighted by molar-refractivity contribution is 5.48. The van der Waals surface area contributed by atoms with Gasteiger partial charge in [-0.2, -0.15) is 0 Å². The number of ether oxygens (including phenoxy) is 1. The van der Waals surface area contributed by atoms with E-state index in [1.807, 2.05) is 0 Å². The molecular formula is C18H27NO. The molecule has 0 aromatic heterocycles. The molecule has 1 heterocycles. The zero-order chi connectivity index (χ0) is 14.5. The van der Waals surface area contributed by atoms with Crippen molar-refractivity contribution in [3.8, 4) is 5.75 Å². The van der Waals surface area contributed by atoms with Gasteiger partial charge in [-0.05, 0) is 49.3 Å². The van der Waals surface area contributed by atoms with Gasteiger partial charge in [-0.1, -0.05) is 26.8 Å². The summed E-state index contributed by atoms with van der Waals surface area (Å²) < 4.78 is 6.12. The minimum atomic E-state index is 0.187. The zero-order valence-electron chi connectivity index (χ0n) is 13.4. The topological polar surface area (TPSA) is 21.3 Å². The summed E-state index contributed by atoms with van der Waals surface area (Å²) >= 11 is 0. The first-order valence-electron chi connectivity index (χ1n) is 7.92. The summed E-state index contributed by atoms with van der Waals surface area (Å²) in [5.41, 5.74) is 4.25.